The molecule has 1 N–H and O–H groups in total. The topological polar surface area (TPSA) is 76.4 Å². The second-order valence-corrected chi connectivity index (χ2v) is 7.14. The Morgan fingerprint density at radius 2 is 1.83 bits per heavy atom. The minimum Gasteiger partial charge on any atom is -0.367 e. The van der Waals surface area contributed by atoms with E-state index in [4.69, 9.17) is 11.6 Å². The number of anilines is 1. The highest BCUT2D eigenvalue weighted by atomic mass is 35.5. The van der Waals surface area contributed by atoms with Crippen LogP contribution in [0.2, 0.25) is 5.02 Å². The van der Waals surface area contributed by atoms with Crippen molar-refractivity contribution in [2.45, 2.75) is 13.0 Å². The van der Waals surface area contributed by atoms with Crippen LogP contribution in [0.1, 0.15) is 22.8 Å². The first-order valence-electron chi connectivity index (χ1n) is 9.20. The maximum Gasteiger partial charge on any atom is 0.253 e. The number of nitrogens with zero attached hydrogens (tertiary/aromatic N) is 3. The third-order valence-electron chi connectivity index (χ3n) is 4.87. The Hall–Kier alpha value is -3.11. The molecule has 29 heavy (non-hydrogen) atoms. The standard InChI is InChI=1S/C21H20ClFN4O2/c1-14(25-20(28)15-5-2-3-6-17(15)22)21(29)27-11-9-26(10-12-27)19-8-4-7-18(23)16(19)13-24/h2-8,14H,9-12H2,1H3,(H,25,28). The van der Waals surface area contributed by atoms with Gasteiger partial charge in [-0.1, -0.05) is 29.8 Å². The van der Waals surface area contributed by atoms with Gasteiger partial charge in [-0.25, -0.2) is 4.39 Å². The predicted octanol–water partition coefficient (Wildman–Crippen LogP) is 2.82. The highest BCUT2D eigenvalue weighted by Crippen LogP contribution is 2.24. The van der Waals surface area contributed by atoms with Gasteiger partial charge in [-0.3, -0.25) is 9.59 Å². The van der Waals surface area contributed by atoms with Crippen LogP contribution in [0.3, 0.4) is 0 Å². The van der Waals surface area contributed by atoms with Crippen molar-refractivity contribution in [2.75, 3.05) is 31.1 Å². The summed E-state index contributed by atoms with van der Waals surface area (Å²) in [5, 5.41) is 12.2. The Bertz CT molecular complexity index is 967. The number of piperazine rings is 1. The smallest absolute Gasteiger partial charge is 0.253 e. The van der Waals surface area contributed by atoms with Crippen molar-refractivity contribution in [3.05, 3.63) is 64.4 Å². The molecular weight excluding hydrogens is 395 g/mol. The van der Waals surface area contributed by atoms with Crippen LogP contribution in [0, 0.1) is 17.1 Å². The number of nitriles is 1. The molecule has 2 aromatic carbocycles. The van der Waals surface area contributed by atoms with Gasteiger partial charge in [0.05, 0.1) is 16.3 Å². The number of nitrogens with one attached hydrogen (secondary N) is 1. The molecule has 1 aliphatic rings. The van der Waals surface area contributed by atoms with Crippen molar-refractivity contribution >= 4 is 29.1 Å². The zero-order valence-corrected chi connectivity index (χ0v) is 16.6. The molecule has 150 valence electrons. The molecule has 2 aromatic rings. The van der Waals surface area contributed by atoms with Crippen molar-refractivity contribution < 1.29 is 14.0 Å². The average Bonchev–Trinajstić information content (AvgIpc) is 2.73. The van der Waals surface area contributed by atoms with Crippen LogP contribution in [0.15, 0.2) is 42.5 Å². The second-order valence-electron chi connectivity index (χ2n) is 6.73. The van der Waals surface area contributed by atoms with Gasteiger partial charge in [0, 0.05) is 26.2 Å². The van der Waals surface area contributed by atoms with E-state index >= 15 is 0 Å². The van der Waals surface area contributed by atoms with Crippen LogP contribution < -0.4 is 10.2 Å². The van der Waals surface area contributed by atoms with Gasteiger partial charge in [0.2, 0.25) is 5.91 Å². The van der Waals surface area contributed by atoms with E-state index in [9.17, 15) is 19.2 Å². The van der Waals surface area contributed by atoms with Gasteiger partial charge in [0.25, 0.3) is 5.91 Å². The highest BCUT2D eigenvalue weighted by Gasteiger charge is 2.27. The summed E-state index contributed by atoms with van der Waals surface area (Å²) in [6.45, 7) is 3.38. The number of rotatable bonds is 4. The van der Waals surface area contributed by atoms with Crippen molar-refractivity contribution in [3.8, 4) is 6.07 Å². The van der Waals surface area contributed by atoms with Crippen LogP contribution in [-0.4, -0.2) is 48.9 Å². The number of carbonyl (C=O) groups excluding carboxylic acids is 2. The lowest BCUT2D eigenvalue weighted by molar-refractivity contribution is -0.133. The summed E-state index contributed by atoms with van der Waals surface area (Å²) in [5.41, 5.74) is 0.848. The number of hydrogen-bond acceptors (Lipinski definition) is 4. The zero-order chi connectivity index (χ0) is 21.0. The fourth-order valence-electron chi connectivity index (χ4n) is 3.31. The van der Waals surface area contributed by atoms with Gasteiger partial charge in [-0.15, -0.1) is 0 Å². The Labute approximate surface area is 173 Å². The first-order valence-corrected chi connectivity index (χ1v) is 9.58. The van der Waals surface area contributed by atoms with E-state index in [0.29, 0.717) is 42.5 Å². The number of amides is 2. The lowest BCUT2D eigenvalue weighted by atomic mass is 10.1. The maximum atomic E-state index is 13.8. The van der Waals surface area contributed by atoms with Gasteiger partial charge in [-0.05, 0) is 31.2 Å². The maximum absolute atomic E-state index is 13.8. The summed E-state index contributed by atoms with van der Waals surface area (Å²) in [7, 11) is 0. The summed E-state index contributed by atoms with van der Waals surface area (Å²) in [6, 6.07) is 12.3. The summed E-state index contributed by atoms with van der Waals surface area (Å²) >= 11 is 6.03. The molecule has 1 aliphatic heterocycles. The quantitative estimate of drug-likeness (QED) is 0.834. The fraction of sp³-hybridized carbons (Fsp3) is 0.286. The Balaban J connectivity index is 1.60. The number of benzene rings is 2. The fourth-order valence-corrected chi connectivity index (χ4v) is 3.53. The van der Waals surface area contributed by atoms with E-state index < -0.39 is 17.8 Å². The molecule has 6 nitrogen and oxygen atoms in total. The van der Waals surface area contributed by atoms with Crippen molar-refractivity contribution in [2.24, 2.45) is 0 Å². The van der Waals surface area contributed by atoms with E-state index in [0.717, 1.165) is 0 Å². The van der Waals surface area contributed by atoms with E-state index in [-0.39, 0.29) is 11.5 Å². The normalized spacial score (nSPS) is 14.8. The SMILES string of the molecule is CC(NC(=O)c1ccccc1Cl)C(=O)N1CCN(c2cccc(F)c2C#N)CC1. The minimum atomic E-state index is -0.714. The average molecular weight is 415 g/mol. The molecule has 8 heteroatoms. The zero-order valence-electron chi connectivity index (χ0n) is 15.9. The Morgan fingerprint density at radius 3 is 2.48 bits per heavy atom. The van der Waals surface area contributed by atoms with E-state index in [1.807, 2.05) is 11.0 Å². The van der Waals surface area contributed by atoms with E-state index in [1.165, 1.54) is 6.07 Å². The number of halogens is 2. The van der Waals surface area contributed by atoms with E-state index in [2.05, 4.69) is 5.32 Å². The largest absolute Gasteiger partial charge is 0.367 e. The van der Waals surface area contributed by atoms with Crippen LogP contribution in [0.25, 0.3) is 0 Å². The molecular formula is C21H20ClFN4O2. The van der Waals surface area contributed by atoms with Crippen molar-refractivity contribution in [1.82, 2.24) is 10.2 Å². The van der Waals surface area contributed by atoms with Crippen LogP contribution >= 0.6 is 11.6 Å². The lowest BCUT2D eigenvalue weighted by Crippen LogP contribution is -2.54. The molecule has 1 atom stereocenters. The van der Waals surface area contributed by atoms with Gasteiger partial charge in [0.15, 0.2) is 0 Å². The third-order valence-corrected chi connectivity index (χ3v) is 5.20. The molecule has 2 amide bonds. The highest BCUT2D eigenvalue weighted by molar-refractivity contribution is 6.33. The third kappa shape index (κ3) is 4.49. The summed E-state index contributed by atoms with van der Waals surface area (Å²) < 4.78 is 13.8. The van der Waals surface area contributed by atoms with Gasteiger partial charge in [0.1, 0.15) is 23.5 Å². The molecule has 1 heterocycles. The molecule has 0 radical (unpaired) electrons. The molecule has 0 aromatic heterocycles. The van der Waals surface area contributed by atoms with Gasteiger partial charge in [-0.2, -0.15) is 5.26 Å². The second kappa shape index (κ2) is 8.93. The minimum absolute atomic E-state index is 0.00708. The first-order chi connectivity index (χ1) is 13.9. The number of carbonyl (C=O) groups is 2. The molecule has 0 saturated carbocycles. The lowest BCUT2D eigenvalue weighted by Gasteiger charge is -2.37. The van der Waals surface area contributed by atoms with Gasteiger partial charge < -0.3 is 15.1 Å². The molecule has 1 saturated heterocycles. The summed E-state index contributed by atoms with van der Waals surface area (Å²) in [6.07, 6.45) is 0. The van der Waals surface area contributed by atoms with E-state index in [1.54, 1.807) is 48.2 Å². The predicted molar refractivity (Wildman–Crippen MR) is 108 cm³/mol. The van der Waals surface area contributed by atoms with Crippen LogP contribution in [0.4, 0.5) is 10.1 Å². The monoisotopic (exact) mass is 414 g/mol. The van der Waals surface area contributed by atoms with Crippen LogP contribution in [-0.2, 0) is 4.79 Å². The first kappa shape index (κ1) is 20.6. The van der Waals surface area contributed by atoms with Crippen LogP contribution in [0.5, 0.6) is 0 Å². The Morgan fingerprint density at radius 1 is 1.14 bits per heavy atom. The Kier molecular flexibility index (Phi) is 6.35. The molecule has 1 unspecified atom stereocenters. The van der Waals surface area contributed by atoms with Gasteiger partial charge >= 0.3 is 0 Å². The van der Waals surface area contributed by atoms with Crippen molar-refractivity contribution in [1.29, 1.82) is 5.26 Å². The molecule has 1 fully saturated rings. The summed E-state index contributed by atoms with van der Waals surface area (Å²) in [5.74, 6) is -1.17. The summed E-state index contributed by atoms with van der Waals surface area (Å²) in [4.78, 5) is 28.6. The van der Waals surface area contributed by atoms with Crippen molar-refractivity contribution in [3.63, 3.8) is 0 Å². The molecule has 0 bridgehead atoms. The number of hydrogen-bond donors (Lipinski definition) is 1. The molecule has 3 rings (SSSR count). The molecule has 0 spiro atoms. The molecule has 0 aliphatic carbocycles.